The van der Waals surface area contributed by atoms with Crippen molar-refractivity contribution in [2.45, 2.75) is 32.9 Å². The van der Waals surface area contributed by atoms with Crippen LogP contribution in [0.25, 0.3) is 10.9 Å². The summed E-state index contributed by atoms with van der Waals surface area (Å²) >= 11 is 0. The van der Waals surface area contributed by atoms with E-state index in [9.17, 15) is 18.0 Å². The molecule has 0 radical (unpaired) electrons. The minimum absolute atomic E-state index is 0.00766. The maximum absolute atomic E-state index is 13.7. The second-order valence-electron chi connectivity index (χ2n) is 10.6. The number of aromatic nitrogens is 1. The first-order valence-electron chi connectivity index (χ1n) is 13.4. The molecule has 9 heteroatoms. The number of nitrogens with zero attached hydrogens (tertiary/aromatic N) is 4. The van der Waals surface area contributed by atoms with Crippen LogP contribution in [0.4, 0.5) is 0 Å². The fourth-order valence-corrected chi connectivity index (χ4v) is 6.73. The summed E-state index contributed by atoms with van der Waals surface area (Å²) in [7, 11) is -3.11. The highest BCUT2D eigenvalue weighted by Gasteiger charge is 2.30. The van der Waals surface area contributed by atoms with Gasteiger partial charge < -0.3 is 14.4 Å². The van der Waals surface area contributed by atoms with Gasteiger partial charge >= 0.3 is 0 Å². The molecule has 0 aliphatic carbocycles. The first kappa shape index (κ1) is 26.4. The van der Waals surface area contributed by atoms with E-state index in [0.29, 0.717) is 30.4 Å². The Morgan fingerprint density at radius 1 is 0.763 bits per heavy atom. The summed E-state index contributed by atoms with van der Waals surface area (Å²) in [6.45, 7) is 9.90. The van der Waals surface area contributed by atoms with E-state index in [-0.39, 0.29) is 42.5 Å². The van der Waals surface area contributed by atoms with Crippen LogP contribution in [0.2, 0.25) is 0 Å². The summed E-state index contributed by atoms with van der Waals surface area (Å²) in [5.74, 6) is -0.212. The van der Waals surface area contributed by atoms with Gasteiger partial charge in [-0.1, -0.05) is 30.3 Å². The topological polar surface area (TPSA) is 82.9 Å². The summed E-state index contributed by atoms with van der Waals surface area (Å²) in [6, 6.07) is 17.8. The predicted octanol–water partition coefficient (Wildman–Crippen LogP) is 3.29. The second-order valence-corrected chi connectivity index (χ2v) is 12.9. The zero-order valence-electron chi connectivity index (χ0n) is 22.3. The number of hydrogen-bond donors (Lipinski definition) is 0. The third kappa shape index (κ3) is 5.22. The van der Waals surface area contributed by atoms with Crippen molar-refractivity contribution in [3.63, 3.8) is 0 Å². The molecule has 0 spiro atoms. The molecule has 2 aliphatic rings. The third-order valence-corrected chi connectivity index (χ3v) is 9.55. The van der Waals surface area contributed by atoms with Gasteiger partial charge in [-0.05, 0) is 50.6 Å². The molecule has 0 bridgehead atoms. The van der Waals surface area contributed by atoms with Gasteiger partial charge in [-0.15, -0.1) is 0 Å². The molecule has 2 fully saturated rings. The molecule has 1 unspecified atom stereocenters. The maximum Gasteiger partial charge on any atom is 0.270 e. The van der Waals surface area contributed by atoms with Crippen LogP contribution in [0, 0.1) is 0 Å². The van der Waals surface area contributed by atoms with E-state index in [2.05, 4.69) is 25.7 Å². The quantitative estimate of drug-likeness (QED) is 0.500. The smallest absolute Gasteiger partial charge is 0.270 e. The molecule has 1 aromatic heterocycles. The Morgan fingerprint density at radius 2 is 1.39 bits per heavy atom. The molecule has 38 heavy (non-hydrogen) atoms. The molecule has 2 amide bonds. The van der Waals surface area contributed by atoms with Gasteiger partial charge in [-0.25, -0.2) is 8.42 Å². The van der Waals surface area contributed by atoms with E-state index >= 15 is 0 Å². The SMILES string of the molecule is CC(C)N1CCN(C(=O)c2ccc3c(c2)cc(C(=O)N2CCS(=O)(=O)CC2)n3C(C)c2ccccc2)CC1. The van der Waals surface area contributed by atoms with Crippen LogP contribution in [0.1, 0.15) is 53.2 Å². The van der Waals surface area contributed by atoms with Gasteiger partial charge in [0.05, 0.1) is 17.5 Å². The number of carbonyl (C=O) groups is 2. The van der Waals surface area contributed by atoms with E-state index in [1.54, 1.807) is 4.90 Å². The monoisotopic (exact) mass is 536 g/mol. The molecule has 3 heterocycles. The van der Waals surface area contributed by atoms with Gasteiger partial charge in [0.2, 0.25) is 0 Å². The number of fused-ring (bicyclic) bond motifs is 1. The molecule has 0 saturated carbocycles. The van der Waals surface area contributed by atoms with E-state index < -0.39 is 9.84 Å². The van der Waals surface area contributed by atoms with Gasteiger partial charge in [0, 0.05) is 61.8 Å². The average Bonchev–Trinajstić information content (AvgIpc) is 3.31. The zero-order valence-corrected chi connectivity index (χ0v) is 23.2. The Hall–Kier alpha value is -3.17. The van der Waals surface area contributed by atoms with E-state index in [4.69, 9.17) is 0 Å². The second kappa shape index (κ2) is 10.5. The first-order chi connectivity index (χ1) is 18.1. The summed E-state index contributed by atoms with van der Waals surface area (Å²) in [5.41, 5.74) is 3.05. The lowest BCUT2D eigenvalue weighted by Gasteiger charge is -2.37. The molecule has 202 valence electrons. The van der Waals surface area contributed by atoms with E-state index in [1.165, 1.54) is 0 Å². The fraction of sp³-hybridized carbons (Fsp3) is 0.448. The van der Waals surface area contributed by atoms with Gasteiger partial charge in [-0.3, -0.25) is 14.5 Å². The number of rotatable bonds is 5. The number of sulfone groups is 1. The summed E-state index contributed by atoms with van der Waals surface area (Å²) in [5, 5.41) is 0.826. The van der Waals surface area contributed by atoms with Crippen molar-refractivity contribution in [3.8, 4) is 0 Å². The van der Waals surface area contributed by atoms with E-state index in [0.717, 1.165) is 29.6 Å². The third-order valence-electron chi connectivity index (χ3n) is 7.94. The van der Waals surface area contributed by atoms with Crippen molar-refractivity contribution >= 4 is 32.6 Å². The highest BCUT2D eigenvalue weighted by molar-refractivity contribution is 7.91. The highest BCUT2D eigenvalue weighted by Crippen LogP contribution is 2.30. The van der Waals surface area contributed by atoms with Crippen LogP contribution in [0.3, 0.4) is 0 Å². The Morgan fingerprint density at radius 3 is 2.03 bits per heavy atom. The Balaban J connectivity index is 1.49. The van der Waals surface area contributed by atoms with Crippen molar-refractivity contribution in [2.75, 3.05) is 50.8 Å². The van der Waals surface area contributed by atoms with Crippen molar-refractivity contribution in [3.05, 3.63) is 71.4 Å². The number of benzene rings is 2. The molecule has 2 aromatic carbocycles. The van der Waals surface area contributed by atoms with Gasteiger partial charge in [0.1, 0.15) is 5.69 Å². The molecule has 1 atom stereocenters. The normalized spacial score (nSPS) is 19.2. The van der Waals surface area contributed by atoms with Crippen molar-refractivity contribution in [2.24, 2.45) is 0 Å². The first-order valence-corrected chi connectivity index (χ1v) is 15.2. The van der Waals surface area contributed by atoms with Crippen LogP contribution in [-0.2, 0) is 9.84 Å². The average molecular weight is 537 g/mol. The van der Waals surface area contributed by atoms with Crippen LogP contribution in [0.15, 0.2) is 54.6 Å². The van der Waals surface area contributed by atoms with Crippen LogP contribution >= 0.6 is 0 Å². The largest absolute Gasteiger partial charge is 0.336 e. The zero-order chi connectivity index (χ0) is 27.0. The van der Waals surface area contributed by atoms with Crippen LogP contribution in [0.5, 0.6) is 0 Å². The number of carbonyl (C=O) groups excluding carboxylic acids is 2. The Bertz CT molecular complexity index is 1430. The molecule has 5 rings (SSSR count). The number of amides is 2. The van der Waals surface area contributed by atoms with Gasteiger partial charge in [0.25, 0.3) is 11.8 Å². The van der Waals surface area contributed by atoms with Crippen molar-refractivity contribution in [1.82, 2.24) is 19.3 Å². The van der Waals surface area contributed by atoms with E-state index in [1.807, 2.05) is 64.1 Å². The highest BCUT2D eigenvalue weighted by atomic mass is 32.2. The van der Waals surface area contributed by atoms with Crippen LogP contribution < -0.4 is 0 Å². The van der Waals surface area contributed by atoms with Crippen molar-refractivity contribution < 1.29 is 18.0 Å². The lowest BCUT2D eigenvalue weighted by atomic mass is 10.1. The molecule has 0 N–H and O–H groups in total. The Labute approximate surface area is 224 Å². The maximum atomic E-state index is 13.7. The lowest BCUT2D eigenvalue weighted by molar-refractivity contribution is 0.0595. The summed E-state index contributed by atoms with van der Waals surface area (Å²) in [4.78, 5) is 33.0. The number of piperazine rings is 1. The molecular formula is C29H36N4O4S. The summed E-state index contributed by atoms with van der Waals surface area (Å²) in [6.07, 6.45) is 0. The van der Waals surface area contributed by atoms with Crippen LogP contribution in [-0.4, -0.2) is 96.3 Å². The lowest BCUT2D eigenvalue weighted by Crippen LogP contribution is -2.50. The predicted molar refractivity (Wildman–Crippen MR) is 149 cm³/mol. The molecule has 8 nitrogen and oxygen atoms in total. The minimum Gasteiger partial charge on any atom is -0.336 e. The Kier molecular flexibility index (Phi) is 7.33. The van der Waals surface area contributed by atoms with Gasteiger partial charge in [0.15, 0.2) is 9.84 Å². The summed E-state index contributed by atoms with van der Waals surface area (Å²) < 4.78 is 25.9. The van der Waals surface area contributed by atoms with Gasteiger partial charge in [-0.2, -0.15) is 0 Å². The minimum atomic E-state index is -3.11. The standard InChI is InChI=1S/C29H36N4O4S/c1-21(2)30-11-13-31(14-12-30)28(34)24-9-10-26-25(19-24)20-27(29(35)32-15-17-38(36,37)18-16-32)33(26)22(3)23-7-5-4-6-8-23/h4-10,19-22H,11-18H2,1-3H3. The fourth-order valence-electron chi connectivity index (χ4n) is 5.53. The molecule has 3 aromatic rings. The van der Waals surface area contributed by atoms with Crippen molar-refractivity contribution in [1.29, 1.82) is 0 Å². The molecule has 2 saturated heterocycles. The molecular weight excluding hydrogens is 500 g/mol. The number of hydrogen-bond acceptors (Lipinski definition) is 5. The molecule has 2 aliphatic heterocycles.